The molecule has 5 nitrogen and oxygen atoms in total. The first-order chi connectivity index (χ1) is 9.96. The Bertz CT molecular complexity index is 554. The van der Waals surface area contributed by atoms with E-state index in [2.05, 4.69) is 60.7 Å². The third-order valence-electron chi connectivity index (χ3n) is 2.98. The highest BCUT2D eigenvalue weighted by Gasteiger charge is 2.12. The highest BCUT2D eigenvalue weighted by Crippen LogP contribution is 2.17. The van der Waals surface area contributed by atoms with Crippen LogP contribution in [0.5, 0.6) is 0 Å². The van der Waals surface area contributed by atoms with Gasteiger partial charge in [0, 0.05) is 11.2 Å². The molecule has 2 rings (SSSR count). The molecule has 0 spiro atoms. The number of nitrogens with zero attached hydrogens (tertiary/aromatic N) is 2. The summed E-state index contributed by atoms with van der Waals surface area (Å²) in [6.45, 7) is 9.03. The first-order valence-electron chi connectivity index (χ1n) is 7.39. The summed E-state index contributed by atoms with van der Waals surface area (Å²) < 4.78 is 5.56. The lowest BCUT2D eigenvalue weighted by Gasteiger charge is -2.18. The third kappa shape index (κ3) is 5.19. The Balaban J connectivity index is 1.92. The van der Waals surface area contributed by atoms with Crippen molar-refractivity contribution in [2.45, 2.75) is 52.6 Å². The van der Waals surface area contributed by atoms with Crippen LogP contribution in [0, 0.1) is 0 Å². The zero-order valence-corrected chi connectivity index (χ0v) is 13.2. The monoisotopic (exact) mass is 288 g/mol. The Morgan fingerprint density at radius 3 is 2.43 bits per heavy atom. The van der Waals surface area contributed by atoms with Gasteiger partial charge in [-0.25, -0.2) is 0 Å². The normalized spacial score (nSPS) is 11.6. The number of benzene rings is 1. The van der Waals surface area contributed by atoms with Crippen LogP contribution in [0.1, 0.15) is 45.6 Å². The number of hydrogen-bond acceptors (Lipinski definition) is 5. The maximum Gasteiger partial charge on any atom is 0.320 e. The second-order valence-electron chi connectivity index (χ2n) is 6.18. The van der Waals surface area contributed by atoms with E-state index in [9.17, 15) is 0 Å². The molecule has 21 heavy (non-hydrogen) atoms. The Kier molecular flexibility index (Phi) is 4.96. The van der Waals surface area contributed by atoms with E-state index in [4.69, 9.17) is 4.42 Å². The molecule has 0 radical (unpaired) electrons. The minimum Gasteiger partial charge on any atom is -0.406 e. The van der Waals surface area contributed by atoms with Gasteiger partial charge in [-0.2, -0.15) is 0 Å². The largest absolute Gasteiger partial charge is 0.406 e. The van der Waals surface area contributed by atoms with Gasteiger partial charge in [0.25, 0.3) is 0 Å². The van der Waals surface area contributed by atoms with Crippen molar-refractivity contribution < 1.29 is 4.42 Å². The molecule has 0 fully saturated rings. The van der Waals surface area contributed by atoms with E-state index in [1.54, 1.807) is 0 Å². The van der Waals surface area contributed by atoms with E-state index < -0.39 is 0 Å². The highest BCUT2D eigenvalue weighted by molar-refractivity contribution is 5.52. The Labute approximate surface area is 126 Å². The van der Waals surface area contributed by atoms with Gasteiger partial charge in [0.1, 0.15) is 0 Å². The van der Waals surface area contributed by atoms with Gasteiger partial charge in [-0.15, -0.1) is 5.10 Å². The summed E-state index contributed by atoms with van der Waals surface area (Å²) in [5, 5.41) is 14.5. The molecule has 0 bridgehead atoms. The maximum atomic E-state index is 5.56. The zero-order chi connectivity index (χ0) is 15.3. The molecule has 1 aromatic heterocycles. The van der Waals surface area contributed by atoms with Gasteiger partial charge in [0.15, 0.2) is 0 Å². The van der Waals surface area contributed by atoms with E-state index >= 15 is 0 Å². The molecule has 0 saturated heterocycles. The molecule has 0 atom stereocenters. The fraction of sp³-hybridized carbons (Fsp3) is 0.500. The van der Waals surface area contributed by atoms with E-state index in [0.717, 1.165) is 18.5 Å². The lowest BCUT2D eigenvalue weighted by molar-refractivity contribution is 0.384. The van der Waals surface area contributed by atoms with E-state index in [1.165, 1.54) is 5.56 Å². The van der Waals surface area contributed by atoms with E-state index in [0.29, 0.717) is 18.5 Å². The molecular weight excluding hydrogens is 264 g/mol. The second-order valence-corrected chi connectivity index (χ2v) is 6.18. The van der Waals surface area contributed by atoms with Crippen LogP contribution in [0.25, 0.3) is 0 Å². The van der Waals surface area contributed by atoms with Crippen molar-refractivity contribution in [3.63, 3.8) is 0 Å². The fourth-order valence-electron chi connectivity index (χ4n) is 1.88. The average Bonchev–Trinajstić information content (AvgIpc) is 2.86. The van der Waals surface area contributed by atoms with Gasteiger partial charge >= 0.3 is 6.01 Å². The lowest BCUT2D eigenvalue weighted by atomic mass is 10.1. The van der Waals surface area contributed by atoms with Gasteiger partial charge in [-0.05, 0) is 44.9 Å². The number of aromatic nitrogens is 2. The first-order valence-corrected chi connectivity index (χ1v) is 7.39. The molecule has 2 aromatic rings. The van der Waals surface area contributed by atoms with Crippen molar-refractivity contribution in [1.82, 2.24) is 15.5 Å². The fourth-order valence-corrected chi connectivity index (χ4v) is 1.88. The minimum atomic E-state index is 0.0250. The van der Waals surface area contributed by atoms with Crippen LogP contribution in [0.4, 0.5) is 11.7 Å². The zero-order valence-electron chi connectivity index (χ0n) is 13.2. The Morgan fingerprint density at radius 1 is 1.10 bits per heavy atom. The number of nitrogens with one attached hydrogen (secondary N) is 2. The Morgan fingerprint density at radius 2 is 1.81 bits per heavy atom. The summed E-state index contributed by atoms with van der Waals surface area (Å²) in [6, 6.07) is 8.71. The van der Waals surface area contributed by atoms with Crippen LogP contribution in [0.15, 0.2) is 28.7 Å². The van der Waals surface area contributed by atoms with Crippen LogP contribution >= 0.6 is 0 Å². The summed E-state index contributed by atoms with van der Waals surface area (Å²) in [5.74, 6) is 0.579. The number of anilines is 2. The van der Waals surface area contributed by atoms with Crippen molar-refractivity contribution >= 4 is 11.7 Å². The Hall–Kier alpha value is -1.88. The van der Waals surface area contributed by atoms with Crippen LogP contribution in [-0.4, -0.2) is 15.7 Å². The maximum absolute atomic E-state index is 5.56. The molecule has 5 heteroatoms. The quantitative estimate of drug-likeness (QED) is 0.849. The predicted octanol–water partition coefficient (Wildman–Crippen LogP) is 3.65. The van der Waals surface area contributed by atoms with Gasteiger partial charge in [-0.3, -0.25) is 0 Å². The molecule has 114 valence electrons. The molecule has 0 aliphatic heterocycles. The number of aryl methyl sites for hydroxylation is 1. The molecule has 0 aliphatic carbocycles. The number of rotatable bonds is 6. The van der Waals surface area contributed by atoms with E-state index in [1.807, 2.05) is 12.1 Å². The molecule has 0 unspecified atom stereocenters. The standard InChI is InChI=1S/C16H24N4O/c1-5-6-12-7-9-13(10-8-12)18-15-20-19-14(21-15)11-17-16(2,3)4/h7-10,17H,5-6,11H2,1-4H3,(H,18,20). The summed E-state index contributed by atoms with van der Waals surface area (Å²) in [4.78, 5) is 0. The summed E-state index contributed by atoms with van der Waals surface area (Å²) in [6.07, 6.45) is 2.25. The smallest absolute Gasteiger partial charge is 0.320 e. The summed E-state index contributed by atoms with van der Waals surface area (Å²) in [5.41, 5.74) is 2.31. The lowest BCUT2D eigenvalue weighted by Crippen LogP contribution is -2.35. The van der Waals surface area contributed by atoms with E-state index in [-0.39, 0.29) is 5.54 Å². The highest BCUT2D eigenvalue weighted by atomic mass is 16.4. The van der Waals surface area contributed by atoms with Crippen LogP contribution < -0.4 is 10.6 Å². The molecular formula is C16H24N4O. The predicted molar refractivity (Wildman–Crippen MR) is 84.6 cm³/mol. The van der Waals surface area contributed by atoms with Crippen LogP contribution in [0.3, 0.4) is 0 Å². The van der Waals surface area contributed by atoms with Crippen LogP contribution in [0.2, 0.25) is 0 Å². The number of hydrogen-bond donors (Lipinski definition) is 2. The van der Waals surface area contributed by atoms with Crippen molar-refractivity contribution in [2.24, 2.45) is 0 Å². The molecule has 0 amide bonds. The topological polar surface area (TPSA) is 63.0 Å². The minimum absolute atomic E-state index is 0.0250. The SMILES string of the molecule is CCCc1ccc(Nc2nnc(CNC(C)(C)C)o2)cc1. The van der Waals surface area contributed by atoms with Crippen molar-refractivity contribution in [3.8, 4) is 0 Å². The van der Waals surface area contributed by atoms with Crippen molar-refractivity contribution in [1.29, 1.82) is 0 Å². The van der Waals surface area contributed by atoms with Crippen molar-refractivity contribution in [2.75, 3.05) is 5.32 Å². The van der Waals surface area contributed by atoms with Crippen LogP contribution in [-0.2, 0) is 13.0 Å². The molecule has 0 saturated carbocycles. The second kappa shape index (κ2) is 6.72. The molecule has 2 N–H and O–H groups in total. The van der Waals surface area contributed by atoms with Gasteiger partial charge < -0.3 is 15.1 Å². The first kappa shape index (κ1) is 15.5. The average molecular weight is 288 g/mol. The van der Waals surface area contributed by atoms with Gasteiger partial charge in [0.05, 0.1) is 6.54 Å². The molecule has 1 aromatic carbocycles. The van der Waals surface area contributed by atoms with Gasteiger partial charge in [0.2, 0.25) is 5.89 Å². The molecule has 0 aliphatic rings. The third-order valence-corrected chi connectivity index (χ3v) is 2.98. The summed E-state index contributed by atoms with van der Waals surface area (Å²) >= 11 is 0. The molecule has 1 heterocycles. The van der Waals surface area contributed by atoms with Crippen molar-refractivity contribution in [3.05, 3.63) is 35.7 Å². The van der Waals surface area contributed by atoms with Gasteiger partial charge in [-0.1, -0.05) is 30.6 Å². The summed E-state index contributed by atoms with van der Waals surface area (Å²) in [7, 11) is 0.